The predicted octanol–water partition coefficient (Wildman–Crippen LogP) is 1.37. The van der Waals surface area contributed by atoms with Crippen LogP contribution in [0, 0.1) is 0 Å². The summed E-state index contributed by atoms with van der Waals surface area (Å²) < 4.78 is 16.9. The van der Waals surface area contributed by atoms with Gasteiger partial charge in [-0.2, -0.15) is 0 Å². The number of carbonyl (C=O) groups excluding carboxylic acids is 2. The van der Waals surface area contributed by atoms with Crippen molar-refractivity contribution in [1.82, 2.24) is 10.3 Å². The first-order chi connectivity index (χ1) is 15.6. The highest BCUT2D eigenvalue weighted by Crippen LogP contribution is 2.47. The average Bonchev–Trinajstić information content (AvgIpc) is 3.16. The average molecular weight is 441 g/mol. The third kappa shape index (κ3) is 5.07. The number of nitrogens with zero attached hydrogens (tertiary/aromatic N) is 1. The maximum Gasteiger partial charge on any atom is 0.250 e. The first kappa shape index (κ1) is 22.2. The summed E-state index contributed by atoms with van der Waals surface area (Å²) in [5, 5.41) is 15.6. The maximum atomic E-state index is 12.5. The molecule has 1 fully saturated rings. The lowest BCUT2D eigenvalue weighted by Gasteiger charge is -2.37. The highest BCUT2D eigenvalue weighted by Gasteiger charge is 2.46. The van der Waals surface area contributed by atoms with Crippen molar-refractivity contribution < 1.29 is 28.9 Å². The number of amides is 2. The molecule has 0 saturated carbocycles. The van der Waals surface area contributed by atoms with Crippen LogP contribution >= 0.6 is 0 Å². The van der Waals surface area contributed by atoms with Crippen LogP contribution in [0.5, 0.6) is 5.75 Å². The monoisotopic (exact) mass is 441 g/mol. The molecule has 4 atom stereocenters. The van der Waals surface area contributed by atoms with Crippen LogP contribution in [-0.2, 0) is 25.6 Å². The fourth-order valence-corrected chi connectivity index (χ4v) is 4.28. The molecule has 0 unspecified atom stereocenters. The topological polar surface area (TPSA) is 119 Å². The normalized spacial score (nSPS) is 23.6. The third-order valence-electron chi connectivity index (χ3n) is 5.68. The molecule has 9 nitrogen and oxygen atoms in total. The number of carbonyl (C=O) groups is 2. The first-order valence-electron chi connectivity index (χ1n) is 10.6. The van der Waals surface area contributed by atoms with Gasteiger partial charge in [0, 0.05) is 43.2 Å². The van der Waals surface area contributed by atoms with Gasteiger partial charge >= 0.3 is 0 Å². The Bertz CT molecular complexity index is 954. The molecule has 1 aromatic carbocycles. The summed E-state index contributed by atoms with van der Waals surface area (Å²) in [4.78, 5) is 28.4. The van der Waals surface area contributed by atoms with Crippen LogP contribution < -0.4 is 15.4 Å². The molecule has 1 saturated heterocycles. The van der Waals surface area contributed by atoms with Crippen molar-refractivity contribution in [3.8, 4) is 5.75 Å². The Labute approximate surface area is 186 Å². The zero-order valence-electron chi connectivity index (χ0n) is 17.8. The van der Waals surface area contributed by atoms with E-state index in [0.29, 0.717) is 24.4 Å². The van der Waals surface area contributed by atoms with Crippen LogP contribution in [0.4, 0.5) is 5.69 Å². The molecule has 3 N–H and O–H groups in total. The number of anilines is 1. The molecular weight excluding hydrogens is 414 g/mol. The van der Waals surface area contributed by atoms with E-state index in [9.17, 15) is 14.7 Å². The number of hydrogen-bond donors (Lipinski definition) is 3. The van der Waals surface area contributed by atoms with Gasteiger partial charge in [0.25, 0.3) is 0 Å². The molecule has 2 aliphatic heterocycles. The lowest BCUT2D eigenvalue weighted by atomic mass is 9.84. The zero-order valence-corrected chi connectivity index (χ0v) is 17.8. The summed E-state index contributed by atoms with van der Waals surface area (Å²) >= 11 is 0. The Morgan fingerprint density at radius 1 is 1.28 bits per heavy atom. The highest BCUT2D eigenvalue weighted by molar-refractivity contribution is 5.92. The van der Waals surface area contributed by atoms with E-state index < -0.39 is 6.10 Å². The standard InChI is InChI=1S/C23H27N3O6/c1-30-13-22(29)26-15-4-5-19-17(7-15)18-8-16(31-20(12-27)23(18)32-19)9-21(28)25-11-14-3-2-6-24-10-14/h2-7,10,16,18,20,23,27H,8-9,11-13H2,1H3,(H,25,28)(H,26,29)/t16-,18+,20+,23-/m1/s1. The largest absolute Gasteiger partial charge is 0.487 e. The number of ether oxygens (including phenoxy) is 3. The molecule has 0 bridgehead atoms. The minimum atomic E-state index is -0.538. The second kappa shape index (κ2) is 10.1. The SMILES string of the molecule is COCC(=O)Nc1ccc2c(c1)[C@@H]1C[C@H](CC(=O)NCc3cccnc3)O[C@@H](CO)[C@@H]1O2. The smallest absolute Gasteiger partial charge is 0.250 e. The molecule has 1 aromatic heterocycles. The molecular formula is C23H27N3O6. The Hall–Kier alpha value is -3.01. The van der Waals surface area contributed by atoms with Crippen LogP contribution in [0.3, 0.4) is 0 Å². The molecule has 0 radical (unpaired) electrons. The summed E-state index contributed by atoms with van der Waals surface area (Å²) in [7, 11) is 1.46. The quantitative estimate of drug-likeness (QED) is 0.566. The van der Waals surface area contributed by atoms with Crippen LogP contribution in [0.25, 0.3) is 0 Å². The molecule has 0 aliphatic carbocycles. The molecule has 4 rings (SSSR count). The van der Waals surface area contributed by atoms with Gasteiger partial charge in [-0.3, -0.25) is 14.6 Å². The number of aromatic nitrogens is 1. The van der Waals surface area contributed by atoms with Gasteiger partial charge in [0.05, 0.1) is 19.1 Å². The Morgan fingerprint density at radius 2 is 2.16 bits per heavy atom. The van der Waals surface area contributed by atoms with Gasteiger partial charge < -0.3 is 30.0 Å². The van der Waals surface area contributed by atoms with E-state index in [4.69, 9.17) is 14.2 Å². The number of aliphatic hydroxyl groups is 1. The molecule has 0 spiro atoms. The first-order valence-corrected chi connectivity index (χ1v) is 10.6. The van der Waals surface area contributed by atoms with E-state index in [0.717, 1.165) is 11.1 Å². The van der Waals surface area contributed by atoms with Gasteiger partial charge in [0.2, 0.25) is 11.8 Å². The highest BCUT2D eigenvalue weighted by atomic mass is 16.6. The molecule has 9 heteroatoms. The molecule has 170 valence electrons. The van der Waals surface area contributed by atoms with E-state index in [1.807, 2.05) is 18.2 Å². The van der Waals surface area contributed by atoms with Crippen molar-refractivity contribution in [3.05, 3.63) is 53.9 Å². The number of rotatable bonds is 8. The summed E-state index contributed by atoms with van der Waals surface area (Å²) in [5.41, 5.74) is 2.50. The van der Waals surface area contributed by atoms with Gasteiger partial charge in [-0.1, -0.05) is 6.07 Å². The number of methoxy groups -OCH3 is 1. The van der Waals surface area contributed by atoms with E-state index >= 15 is 0 Å². The Kier molecular flexibility index (Phi) is 6.99. The van der Waals surface area contributed by atoms with Gasteiger partial charge in [-0.25, -0.2) is 0 Å². The van der Waals surface area contributed by atoms with Crippen LogP contribution in [0.2, 0.25) is 0 Å². The number of aliphatic hydroxyl groups excluding tert-OH is 1. The van der Waals surface area contributed by atoms with Crippen molar-refractivity contribution in [1.29, 1.82) is 0 Å². The van der Waals surface area contributed by atoms with E-state index in [2.05, 4.69) is 15.6 Å². The van der Waals surface area contributed by atoms with Gasteiger partial charge in [0.15, 0.2) is 0 Å². The summed E-state index contributed by atoms with van der Waals surface area (Å²) in [6.07, 6.45) is 2.91. The fourth-order valence-electron chi connectivity index (χ4n) is 4.28. The summed E-state index contributed by atoms with van der Waals surface area (Å²) in [5.74, 6) is 0.278. The van der Waals surface area contributed by atoms with E-state index in [1.54, 1.807) is 24.5 Å². The fraction of sp³-hybridized carbons (Fsp3) is 0.435. The molecule has 2 aliphatic rings. The summed E-state index contributed by atoms with van der Waals surface area (Å²) in [6.45, 7) is 0.155. The number of nitrogens with one attached hydrogen (secondary N) is 2. The van der Waals surface area contributed by atoms with Crippen molar-refractivity contribution in [2.75, 3.05) is 25.6 Å². The van der Waals surface area contributed by atoms with Gasteiger partial charge in [0.1, 0.15) is 24.6 Å². The van der Waals surface area contributed by atoms with Crippen molar-refractivity contribution in [2.45, 2.75) is 43.6 Å². The second-order valence-corrected chi connectivity index (χ2v) is 7.98. The predicted molar refractivity (Wildman–Crippen MR) is 115 cm³/mol. The van der Waals surface area contributed by atoms with Crippen LogP contribution in [-0.4, -0.2) is 60.5 Å². The number of pyridine rings is 1. The van der Waals surface area contributed by atoms with E-state index in [1.165, 1.54) is 7.11 Å². The molecule has 2 aromatic rings. The molecule has 3 heterocycles. The number of hydrogen-bond acceptors (Lipinski definition) is 7. The Morgan fingerprint density at radius 3 is 2.91 bits per heavy atom. The lowest BCUT2D eigenvalue weighted by molar-refractivity contribution is -0.142. The minimum Gasteiger partial charge on any atom is -0.487 e. The van der Waals surface area contributed by atoms with Gasteiger partial charge in [-0.05, 0) is 36.2 Å². The van der Waals surface area contributed by atoms with Crippen molar-refractivity contribution in [3.63, 3.8) is 0 Å². The third-order valence-corrected chi connectivity index (χ3v) is 5.68. The Balaban J connectivity index is 1.42. The van der Waals surface area contributed by atoms with Crippen LogP contribution in [0.1, 0.15) is 29.9 Å². The van der Waals surface area contributed by atoms with Gasteiger partial charge in [-0.15, -0.1) is 0 Å². The number of benzene rings is 1. The lowest BCUT2D eigenvalue weighted by Crippen LogP contribution is -2.47. The van der Waals surface area contributed by atoms with Crippen molar-refractivity contribution in [2.24, 2.45) is 0 Å². The van der Waals surface area contributed by atoms with Crippen molar-refractivity contribution >= 4 is 17.5 Å². The van der Waals surface area contributed by atoms with E-state index in [-0.39, 0.29) is 49.6 Å². The number of fused-ring (bicyclic) bond motifs is 3. The maximum absolute atomic E-state index is 12.5. The minimum absolute atomic E-state index is 0.0315. The van der Waals surface area contributed by atoms with Crippen LogP contribution in [0.15, 0.2) is 42.7 Å². The molecule has 32 heavy (non-hydrogen) atoms. The molecule has 2 amide bonds. The summed E-state index contributed by atoms with van der Waals surface area (Å²) in [6, 6.07) is 9.17. The zero-order chi connectivity index (χ0) is 22.5. The second-order valence-electron chi connectivity index (χ2n) is 7.98.